The van der Waals surface area contributed by atoms with Crippen molar-refractivity contribution in [3.05, 3.63) is 149 Å². The fourth-order valence-corrected chi connectivity index (χ4v) is 20.4. The monoisotopic (exact) mass is 732 g/mol. The van der Waals surface area contributed by atoms with Gasteiger partial charge in [-0.25, -0.2) is 0 Å². The smallest absolute Gasteiger partial charge is 0.0621 e. The zero-order chi connectivity index (χ0) is 35.2. The Morgan fingerprint density at radius 3 is 1.47 bits per heavy atom. The van der Waals surface area contributed by atoms with E-state index >= 15 is 0 Å². The first-order chi connectivity index (χ1) is 26.0. The molecule has 0 N–H and O–H groups in total. The minimum atomic E-state index is -0.467. The Hall–Kier alpha value is -2.92. The van der Waals surface area contributed by atoms with Crippen molar-refractivity contribution in [1.82, 2.24) is 9.97 Å². The average molecular weight is 733 g/mol. The lowest BCUT2D eigenvalue weighted by Crippen LogP contribution is -2.57. The van der Waals surface area contributed by atoms with Crippen molar-refractivity contribution in [2.45, 2.75) is 98.4 Å². The second kappa shape index (κ2) is 12.8. The van der Waals surface area contributed by atoms with Crippen molar-refractivity contribution in [3.63, 3.8) is 0 Å². The van der Waals surface area contributed by atoms with Gasteiger partial charge in [-0.15, -0.1) is 9.24 Å². The summed E-state index contributed by atoms with van der Waals surface area (Å²) in [5.41, 5.74) is 9.92. The maximum atomic E-state index is 4.77. The molecule has 2 nitrogen and oxygen atoms in total. The van der Waals surface area contributed by atoms with Gasteiger partial charge in [-0.1, -0.05) is 86.8 Å². The summed E-state index contributed by atoms with van der Waals surface area (Å²) in [7, 11) is 3.17. The van der Waals surface area contributed by atoms with Crippen LogP contribution in [-0.4, -0.2) is 26.4 Å². The number of rotatable bonds is 9. The summed E-state index contributed by atoms with van der Waals surface area (Å²) >= 11 is 0. The molecule has 8 fully saturated rings. The van der Waals surface area contributed by atoms with Gasteiger partial charge >= 0.3 is 0 Å². The molecule has 2 heterocycles. The molecule has 53 heavy (non-hydrogen) atoms. The molecule has 0 aliphatic heterocycles. The molecule has 270 valence electrons. The van der Waals surface area contributed by atoms with Crippen LogP contribution in [0.1, 0.15) is 105 Å². The third-order valence-corrected chi connectivity index (χ3v) is 20.7. The normalized spacial score (nSPS) is 35.9. The van der Waals surface area contributed by atoms with Crippen LogP contribution in [0.2, 0.25) is 0 Å². The van der Waals surface area contributed by atoms with Gasteiger partial charge in [0.1, 0.15) is 0 Å². The first kappa shape index (κ1) is 33.4. The Morgan fingerprint density at radius 2 is 1.04 bits per heavy atom. The molecule has 2 aromatic heterocycles. The van der Waals surface area contributed by atoms with E-state index in [4.69, 9.17) is 9.97 Å². The van der Waals surface area contributed by atoms with Crippen LogP contribution in [0, 0.1) is 35.5 Å². The van der Waals surface area contributed by atoms with Crippen molar-refractivity contribution in [2.24, 2.45) is 35.5 Å². The molecule has 2 atom stereocenters. The minimum absolute atomic E-state index is 0.231. The van der Waals surface area contributed by atoms with E-state index in [2.05, 4.69) is 113 Å². The molecule has 8 saturated carbocycles. The van der Waals surface area contributed by atoms with E-state index in [9.17, 15) is 0 Å². The lowest BCUT2D eigenvalue weighted by atomic mass is 9.55. The fraction of sp³-hybridized carbons (Fsp3) is 0.469. The molecular formula is C49H54N2P2. The summed E-state index contributed by atoms with van der Waals surface area (Å²) in [4.78, 5) is 9.54. The number of benzene rings is 2. The van der Waals surface area contributed by atoms with E-state index in [-0.39, 0.29) is 13.8 Å². The highest BCUT2D eigenvalue weighted by Gasteiger charge is 2.63. The van der Waals surface area contributed by atoms with E-state index in [0.717, 1.165) is 35.5 Å². The number of nitrogens with zero attached hydrogens (tertiary/aromatic N) is 2. The van der Waals surface area contributed by atoms with Gasteiger partial charge < -0.3 is 0 Å². The van der Waals surface area contributed by atoms with Crippen molar-refractivity contribution in [1.29, 1.82) is 0 Å². The van der Waals surface area contributed by atoms with Crippen molar-refractivity contribution in [2.75, 3.05) is 6.16 Å². The summed E-state index contributed by atoms with van der Waals surface area (Å²) in [6.07, 6.45) is 30.4. The van der Waals surface area contributed by atoms with E-state index in [0.29, 0.717) is 10.3 Å². The van der Waals surface area contributed by atoms with Crippen molar-refractivity contribution in [3.8, 4) is 0 Å². The Kier molecular flexibility index (Phi) is 8.08. The molecule has 4 heteroatoms. The lowest BCUT2D eigenvalue weighted by molar-refractivity contribution is 0.0187. The molecule has 0 radical (unpaired) electrons. The summed E-state index contributed by atoms with van der Waals surface area (Å²) in [6.45, 7) is 0. The standard InChI is InChI=1S/C49H54N2P2/c52-49(41-13-7-15-50-30-41,42-14-8-16-51-31-42)45-23-43(39-9-3-1-4-10-39)46(40-11-5-2-6-12-40)44(45)32-53(47-24-33-17-34(25-47)19-35(18-33)26-47)48-27-36-20-37(28-48)22-38(21-36)29-48/h1-16,23,30-31,33-38,46H,17-22,24-29,32,52H2. The Morgan fingerprint density at radius 1 is 0.585 bits per heavy atom. The van der Waals surface area contributed by atoms with Gasteiger partial charge in [0.05, 0.1) is 5.16 Å². The predicted octanol–water partition coefficient (Wildman–Crippen LogP) is 12.2. The van der Waals surface area contributed by atoms with Crippen LogP contribution < -0.4 is 0 Å². The van der Waals surface area contributed by atoms with Crippen LogP contribution in [0.3, 0.4) is 0 Å². The lowest BCUT2D eigenvalue weighted by Gasteiger charge is -2.68. The van der Waals surface area contributed by atoms with Gasteiger partial charge in [-0.3, -0.25) is 9.97 Å². The average Bonchev–Trinajstić information content (AvgIpc) is 3.57. The highest BCUT2D eigenvalue weighted by molar-refractivity contribution is 7.61. The van der Waals surface area contributed by atoms with E-state index in [1.807, 2.05) is 12.4 Å². The molecule has 0 spiro atoms. The van der Waals surface area contributed by atoms with Crippen molar-refractivity contribution < 1.29 is 0 Å². The van der Waals surface area contributed by atoms with Crippen LogP contribution in [0.25, 0.3) is 5.57 Å². The number of pyridine rings is 2. The summed E-state index contributed by atoms with van der Waals surface area (Å²) in [5, 5.41) is 0.638. The molecule has 13 rings (SSSR count). The third-order valence-electron chi connectivity index (χ3n) is 15.7. The van der Waals surface area contributed by atoms with Crippen molar-refractivity contribution >= 4 is 22.7 Å². The Bertz CT molecular complexity index is 1880. The van der Waals surface area contributed by atoms with Gasteiger partial charge in [0.25, 0.3) is 0 Å². The van der Waals surface area contributed by atoms with Crippen LogP contribution in [-0.2, 0) is 5.16 Å². The summed E-state index contributed by atoms with van der Waals surface area (Å²) in [6, 6.07) is 31.9. The fourth-order valence-electron chi connectivity index (χ4n) is 14.6. The largest absolute Gasteiger partial charge is 0.264 e. The Balaban J connectivity index is 1.16. The number of hydrogen-bond acceptors (Lipinski definition) is 2. The van der Waals surface area contributed by atoms with E-state index < -0.39 is 5.16 Å². The van der Waals surface area contributed by atoms with Gasteiger partial charge in [0, 0.05) is 30.7 Å². The van der Waals surface area contributed by atoms with E-state index in [1.54, 1.807) is 5.57 Å². The van der Waals surface area contributed by atoms with Crippen LogP contribution in [0.4, 0.5) is 0 Å². The Labute approximate surface area is 320 Å². The second-order valence-corrected chi connectivity index (χ2v) is 22.8. The molecule has 2 unspecified atom stereocenters. The predicted molar refractivity (Wildman–Crippen MR) is 223 cm³/mol. The van der Waals surface area contributed by atoms with Gasteiger partial charge in [-0.05, 0) is 180 Å². The molecular weight excluding hydrogens is 679 g/mol. The first-order valence-corrected chi connectivity index (χ1v) is 23.0. The maximum absolute atomic E-state index is 4.77. The quantitative estimate of drug-likeness (QED) is 0.160. The summed E-state index contributed by atoms with van der Waals surface area (Å²) < 4.78 is 0. The zero-order valence-corrected chi connectivity index (χ0v) is 33.2. The topological polar surface area (TPSA) is 25.8 Å². The van der Waals surface area contributed by atoms with Gasteiger partial charge in [0.15, 0.2) is 0 Å². The highest BCUT2D eigenvalue weighted by atomic mass is 31.1. The van der Waals surface area contributed by atoms with Crippen LogP contribution in [0.5, 0.6) is 0 Å². The SMILES string of the molecule is PC(C1=C(CP(C23CC4CC(CC(C4)C2)C3)C23CC4CC(CC(C4)C2)C3)C(c2ccccc2)C(c2ccccc2)=C1)(c1cccnc1)c1cccnc1. The van der Waals surface area contributed by atoms with Gasteiger partial charge in [-0.2, -0.15) is 0 Å². The van der Waals surface area contributed by atoms with Crippen LogP contribution >= 0.6 is 17.2 Å². The zero-order valence-electron chi connectivity index (χ0n) is 31.1. The number of allylic oxidation sites excluding steroid dienone is 4. The first-order valence-electron chi connectivity index (χ1n) is 20.9. The molecule has 0 saturated heterocycles. The molecule has 4 aromatic rings. The number of hydrogen-bond donors (Lipinski definition) is 0. The van der Waals surface area contributed by atoms with E-state index in [1.165, 1.54) is 117 Å². The molecule has 2 aromatic carbocycles. The maximum Gasteiger partial charge on any atom is 0.0621 e. The minimum Gasteiger partial charge on any atom is -0.264 e. The second-order valence-electron chi connectivity index (χ2n) is 18.9. The number of aromatic nitrogens is 2. The molecule has 9 aliphatic rings. The molecule has 0 amide bonds. The van der Waals surface area contributed by atoms with Crippen LogP contribution in [0.15, 0.2) is 127 Å². The van der Waals surface area contributed by atoms with Gasteiger partial charge in [0.2, 0.25) is 0 Å². The molecule has 9 aliphatic carbocycles. The summed E-state index contributed by atoms with van der Waals surface area (Å²) in [5.74, 6) is 6.10. The molecule has 8 bridgehead atoms. The third kappa shape index (κ3) is 5.47. The highest BCUT2D eigenvalue weighted by Crippen LogP contribution is 2.80.